The number of nitrogens with two attached hydrogens (primary N) is 1. The number of amides is 1. The van der Waals surface area contributed by atoms with Gasteiger partial charge in [-0.1, -0.05) is 0 Å². The van der Waals surface area contributed by atoms with Gasteiger partial charge in [-0.15, -0.1) is 0 Å². The Morgan fingerprint density at radius 3 is 2.25 bits per heavy atom. The van der Waals surface area contributed by atoms with Crippen molar-refractivity contribution in [1.82, 2.24) is 4.57 Å². The summed E-state index contributed by atoms with van der Waals surface area (Å²) in [5.41, 5.74) is 2.57. The summed E-state index contributed by atoms with van der Waals surface area (Å²) in [7, 11) is 0. The lowest BCUT2D eigenvalue weighted by Gasteiger charge is -2.04. The summed E-state index contributed by atoms with van der Waals surface area (Å²) in [5, 5.41) is 8.55. The van der Waals surface area contributed by atoms with E-state index in [0.717, 1.165) is 10.8 Å². The molecule has 8 heteroatoms. The number of halogens is 3. The topological polar surface area (TPSA) is 85.3 Å². The molecule has 0 bridgehead atoms. The van der Waals surface area contributed by atoms with Gasteiger partial charge < -0.3 is 15.4 Å². The van der Waals surface area contributed by atoms with E-state index in [-0.39, 0.29) is 0 Å². The molecule has 0 radical (unpaired) electrons. The largest absolute Gasteiger partial charge is 0.478 e. The van der Waals surface area contributed by atoms with Crippen LogP contribution < -0.4 is 5.73 Å². The van der Waals surface area contributed by atoms with Crippen LogP contribution in [0.15, 0.2) is 12.4 Å². The van der Waals surface area contributed by atoms with Crippen molar-refractivity contribution in [3.8, 4) is 0 Å². The minimum absolute atomic E-state index is 0.504. The number of hydrogen-bond acceptors (Lipinski definition) is 2. The first-order valence-electron chi connectivity index (χ1n) is 4.00. The number of carboxylic acids is 1. The van der Waals surface area contributed by atoms with Gasteiger partial charge in [0, 0.05) is 12.4 Å². The number of nitrogens with zero attached hydrogens (tertiary/aromatic N) is 1. The summed E-state index contributed by atoms with van der Waals surface area (Å²) in [6.45, 7) is -0.504. The Labute approximate surface area is 87.3 Å². The van der Waals surface area contributed by atoms with E-state index < -0.39 is 35.7 Å². The van der Waals surface area contributed by atoms with E-state index in [1.165, 1.54) is 0 Å². The summed E-state index contributed by atoms with van der Waals surface area (Å²) in [6.07, 6.45) is -3.53. The summed E-state index contributed by atoms with van der Waals surface area (Å²) in [4.78, 5) is 21.0. The fourth-order valence-electron chi connectivity index (χ4n) is 1.18. The third kappa shape index (κ3) is 2.53. The van der Waals surface area contributed by atoms with Crippen molar-refractivity contribution in [3.05, 3.63) is 23.5 Å². The minimum Gasteiger partial charge on any atom is -0.478 e. The molecule has 1 aromatic rings. The average Bonchev–Trinajstić information content (AvgIpc) is 2.45. The fourth-order valence-corrected chi connectivity index (χ4v) is 1.18. The summed E-state index contributed by atoms with van der Waals surface area (Å²) in [6, 6.07) is 0. The van der Waals surface area contributed by atoms with E-state index in [0.29, 0.717) is 6.20 Å². The van der Waals surface area contributed by atoms with Crippen LogP contribution in [0, 0.1) is 0 Å². The maximum absolute atomic E-state index is 12.4. The van der Waals surface area contributed by atoms with Crippen LogP contribution in [0.1, 0.15) is 15.9 Å². The van der Waals surface area contributed by atoms with Gasteiger partial charge in [0.25, 0.3) is 0 Å². The Hall–Kier alpha value is -1.99. The molecule has 0 saturated heterocycles. The zero-order valence-electron chi connectivity index (χ0n) is 7.78. The number of aromatic carboxylic acids is 1. The predicted octanol–water partition coefficient (Wildman–Crippen LogP) is 0.690. The summed E-state index contributed by atoms with van der Waals surface area (Å²) < 4.78 is 37.9. The zero-order chi connectivity index (χ0) is 12.5. The van der Waals surface area contributed by atoms with Crippen LogP contribution in [-0.2, 0) is 17.5 Å². The fraction of sp³-hybridized carbons (Fsp3) is 0.250. The van der Waals surface area contributed by atoms with Crippen molar-refractivity contribution in [2.24, 2.45) is 5.73 Å². The molecular weight excluding hydrogens is 229 g/mol. The quantitative estimate of drug-likeness (QED) is 0.809. The average molecular weight is 236 g/mol. The van der Waals surface area contributed by atoms with Crippen LogP contribution in [0.5, 0.6) is 0 Å². The molecule has 0 unspecified atom stereocenters. The Balaban J connectivity index is 3.21. The van der Waals surface area contributed by atoms with Crippen LogP contribution in [0.25, 0.3) is 0 Å². The van der Waals surface area contributed by atoms with E-state index in [1.807, 2.05) is 0 Å². The molecule has 1 rings (SSSR count). The highest BCUT2D eigenvalue weighted by molar-refractivity contribution is 5.89. The number of primary amides is 1. The second kappa shape index (κ2) is 3.87. The molecule has 3 N–H and O–H groups in total. The number of hydrogen-bond donors (Lipinski definition) is 2. The van der Waals surface area contributed by atoms with Crippen molar-refractivity contribution >= 4 is 11.9 Å². The Morgan fingerprint density at radius 2 is 1.94 bits per heavy atom. The molecule has 0 atom stereocenters. The molecule has 1 aromatic heterocycles. The second-order valence-electron chi connectivity index (χ2n) is 3.03. The molecule has 5 nitrogen and oxygen atoms in total. The Bertz CT molecular complexity index is 436. The van der Waals surface area contributed by atoms with Crippen LogP contribution in [-0.4, -0.2) is 21.6 Å². The van der Waals surface area contributed by atoms with Crippen LogP contribution in [0.3, 0.4) is 0 Å². The normalized spacial score (nSPS) is 11.4. The Morgan fingerprint density at radius 1 is 1.38 bits per heavy atom. The molecule has 0 fully saturated rings. The molecular formula is C8H7F3N2O3. The first-order chi connectivity index (χ1) is 7.21. The molecule has 0 saturated carbocycles. The number of aromatic nitrogens is 1. The highest BCUT2D eigenvalue weighted by atomic mass is 19.4. The lowest BCUT2D eigenvalue weighted by molar-refractivity contribution is -0.138. The third-order valence-electron chi connectivity index (χ3n) is 1.75. The van der Waals surface area contributed by atoms with Gasteiger partial charge in [0.15, 0.2) is 0 Å². The van der Waals surface area contributed by atoms with Gasteiger partial charge in [-0.3, -0.25) is 4.79 Å². The van der Waals surface area contributed by atoms with E-state index in [9.17, 15) is 22.8 Å². The molecule has 0 aliphatic rings. The van der Waals surface area contributed by atoms with Gasteiger partial charge in [0.1, 0.15) is 6.54 Å². The number of alkyl halides is 3. The summed E-state index contributed by atoms with van der Waals surface area (Å²) in [5.74, 6) is -2.57. The molecule has 0 aromatic carbocycles. The Kier molecular flexibility index (Phi) is 2.92. The van der Waals surface area contributed by atoms with E-state index in [4.69, 9.17) is 10.8 Å². The molecule has 0 spiro atoms. The molecule has 0 aliphatic carbocycles. The maximum atomic E-state index is 12.4. The van der Waals surface area contributed by atoms with Crippen LogP contribution >= 0.6 is 0 Å². The van der Waals surface area contributed by atoms with E-state index in [1.54, 1.807) is 0 Å². The standard InChI is InChI=1S/C8H7F3N2O3/c9-8(10,11)5-2-13(3-6(12)14)1-4(5)7(15)16/h1-2H,3H2,(H2,12,14)(H,15,16). The first kappa shape index (κ1) is 12.1. The SMILES string of the molecule is NC(=O)Cn1cc(C(=O)O)c(C(F)(F)F)c1. The zero-order valence-corrected chi connectivity index (χ0v) is 7.78. The lowest BCUT2D eigenvalue weighted by Crippen LogP contribution is -2.17. The second-order valence-corrected chi connectivity index (χ2v) is 3.03. The smallest absolute Gasteiger partial charge is 0.418 e. The summed E-state index contributed by atoms with van der Waals surface area (Å²) >= 11 is 0. The predicted molar refractivity (Wildman–Crippen MR) is 45.6 cm³/mol. The van der Waals surface area contributed by atoms with Gasteiger partial charge in [0.2, 0.25) is 5.91 Å². The number of carbonyl (C=O) groups excluding carboxylic acids is 1. The highest BCUT2D eigenvalue weighted by Gasteiger charge is 2.37. The third-order valence-corrected chi connectivity index (χ3v) is 1.75. The maximum Gasteiger partial charge on any atom is 0.418 e. The molecule has 1 amide bonds. The minimum atomic E-state index is -4.78. The number of carbonyl (C=O) groups is 2. The van der Waals surface area contributed by atoms with Crippen molar-refractivity contribution in [3.63, 3.8) is 0 Å². The highest BCUT2D eigenvalue weighted by Crippen LogP contribution is 2.32. The molecule has 1 heterocycles. The van der Waals surface area contributed by atoms with Gasteiger partial charge >= 0.3 is 12.1 Å². The van der Waals surface area contributed by atoms with Crippen molar-refractivity contribution < 1.29 is 27.9 Å². The first-order valence-corrected chi connectivity index (χ1v) is 4.00. The number of carboxylic acid groups (broad SMARTS) is 1. The van der Waals surface area contributed by atoms with E-state index in [2.05, 4.69) is 0 Å². The molecule has 16 heavy (non-hydrogen) atoms. The lowest BCUT2D eigenvalue weighted by atomic mass is 10.2. The number of rotatable bonds is 3. The van der Waals surface area contributed by atoms with Gasteiger partial charge in [0.05, 0.1) is 11.1 Å². The van der Waals surface area contributed by atoms with Gasteiger partial charge in [-0.05, 0) is 0 Å². The van der Waals surface area contributed by atoms with Crippen LogP contribution in [0.2, 0.25) is 0 Å². The van der Waals surface area contributed by atoms with Gasteiger partial charge in [-0.25, -0.2) is 4.79 Å². The van der Waals surface area contributed by atoms with E-state index >= 15 is 0 Å². The van der Waals surface area contributed by atoms with Crippen molar-refractivity contribution in [2.75, 3.05) is 0 Å². The monoisotopic (exact) mass is 236 g/mol. The molecule has 0 aliphatic heterocycles. The van der Waals surface area contributed by atoms with Crippen molar-refractivity contribution in [2.45, 2.75) is 12.7 Å². The van der Waals surface area contributed by atoms with Crippen LogP contribution in [0.4, 0.5) is 13.2 Å². The van der Waals surface area contributed by atoms with Crippen molar-refractivity contribution in [1.29, 1.82) is 0 Å². The van der Waals surface area contributed by atoms with Gasteiger partial charge in [-0.2, -0.15) is 13.2 Å². The molecule has 88 valence electrons.